The summed E-state index contributed by atoms with van der Waals surface area (Å²) in [5.74, 6) is 0. The van der Waals surface area contributed by atoms with Crippen LogP contribution in [-0.2, 0) is 0 Å². The first-order valence-electron chi connectivity index (χ1n) is 7.29. The van der Waals surface area contributed by atoms with E-state index in [1.807, 2.05) is 0 Å². The summed E-state index contributed by atoms with van der Waals surface area (Å²) in [6.07, 6.45) is 10.1. The molecule has 1 unspecified atom stereocenters. The lowest BCUT2D eigenvalue weighted by Gasteiger charge is -2.51. The molecule has 2 nitrogen and oxygen atoms in total. The van der Waals surface area contributed by atoms with E-state index in [1.54, 1.807) is 0 Å². The lowest BCUT2D eigenvalue weighted by molar-refractivity contribution is -0.00563. The molecule has 2 heteroatoms. The largest absolute Gasteiger partial charge is 0.285 e. The highest BCUT2D eigenvalue weighted by Gasteiger charge is 2.50. The molecule has 2 aliphatic rings. The van der Waals surface area contributed by atoms with Crippen LogP contribution < -0.4 is 0 Å². The van der Waals surface area contributed by atoms with Gasteiger partial charge >= 0.3 is 0 Å². The Bertz CT molecular complexity index is 295. The maximum Gasteiger partial charge on any atom is 0.114 e. The van der Waals surface area contributed by atoms with Crippen molar-refractivity contribution in [3.05, 3.63) is 0 Å². The Kier molecular flexibility index (Phi) is 3.78. The zero-order valence-electron chi connectivity index (χ0n) is 11.5. The van der Waals surface area contributed by atoms with E-state index in [9.17, 15) is 5.26 Å². The van der Waals surface area contributed by atoms with Crippen molar-refractivity contribution >= 4 is 0 Å². The molecule has 2 fully saturated rings. The van der Waals surface area contributed by atoms with Crippen molar-refractivity contribution in [3.63, 3.8) is 0 Å². The highest BCUT2D eigenvalue weighted by atomic mass is 15.2. The molecule has 0 radical (unpaired) electrons. The molecule has 0 aromatic rings. The first kappa shape index (κ1) is 12.9. The van der Waals surface area contributed by atoms with Gasteiger partial charge in [-0.3, -0.25) is 4.90 Å². The minimum Gasteiger partial charge on any atom is -0.285 e. The molecule has 1 heterocycles. The van der Waals surface area contributed by atoms with Crippen molar-refractivity contribution in [1.82, 2.24) is 4.90 Å². The summed E-state index contributed by atoms with van der Waals surface area (Å²) < 4.78 is 0. The Labute approximate surface area is 106 Å². The average Bonchev–Trinajstić information content (AvgIpc) is 2.58. The Hall–Kier alpha value is -0.550. The molecule has 96 valence electrons. The fourth-order valence-corrected chi connectivity index (χ4v) is 3.81. The summed E-state index contributed by atoms with van der Waals surface area (Å²) in [5, 5.41) is 9.83. The van der Waals surface area contributed by atoms with Gasteiger partial charge in [-0.05, 0) is 44.2 Å². The van der Waals surface area contributed by atoms with E-state index in [4.69, 9.17) is 0 Å². The van der Waals surface area contributed by atoms with Crippen LogP contribution >= 0.6 is 0 Å². The average molecular weight is 234 g/mol. The minimum absolute atomic E-state index is 0.157. The van der Waals surface area contributed by atoms with Crippen molar-refractivity contribution in [2.24, 2.45) is 5.41 Å². The lowest BCUT2D eigenvalue weighted by Crippen LogP contribution is -2.59. The van der Waals surface area contributed by atoms with Crippen LogP contribution in [0.5, 0.6) is 0 Å². The summed E-state index contributed by atoms with van der Waals surface area (Å²) in [7, 11) is 0. The number of likely N-dealkylation sites (tertiary alicyclic amines) is 1. The summed E-state index contributed by atoms with van der Waals surface area (Å²) in [6, 6.07) is 2.73. The van der Waals surface area contributed by atoms with Gasteiger partial charge in [0.25, 0.3) is 0 Å². The third kappa shape index (κ3) is 2.22. The highest BCUT2D eigenvalue weighted by molar-refractivity contribution is 5.17. The first-order valence-corrected chi connectivity index (χ1v) is 7.29. The van der Waals surface area contributed by atoms with Gasteiger partial charge in [0.1, 0.15) is 5.54 Å². The molecule has 0 aromatic heterocycles. The molecule has 0 N–H and O–H groups in total. The van der Waals surface area contributed by atoms with E-state index < -0.39 is 0 Å². The van der Waals surface area contributed by atoms with Gasteiger partial charge < -0.3 is 0 Å². The second-order valence-corrected chi connectivity index (χ2v) is 6.46. The molecule has 1 aliphatic carbocycles. The Balaban J connectivity index is 2.25. The normalized spacial score (nSPS) is 34.9. The summed E-state index contributed by atoms with van der Waals surface area (Å²) in [5.41, 5.74) is -0.0278. The molecule has 0 aromatic carbocycles. The molecule has 1 saturated carbocycles. The van der Waals surface area contributed by atoms with Gasteiger partial charge in [0, 0.05) is 0 Å². The van der Waals surface area contributed by atoms with E-state index >= 15 is 0 Å². The van der Waals surface area contributed by atoms with E-state index in [1.165, 1.54) is 44.9 Å². The second-order valence-electron chi connectivity index (χ2n) is 6.46. The summed E-state index contributed by atoms with van der Waals surface area (Å²) in [4.78, 5) is 2.53. The highest BCUT2D eigenvalue weighted by Crippen LogP contribution is 2.47. The molecular weight excluding hydrogens is 208 g/mol. The summed E-state index contributed by atoms with van der Waals surface area (Å²) >= 11 is 0. The Morgan fingerprint density at radius 1 is 0.882 bits per heavy atom. The summed E-state index contributed by atoms with van der Waals surface area (Å²) in [6.45, 7) is 6.88. The topological polar surface area (TPSA) is 27.0 Å². The minimum atomic E-state index is -0.185. The van der Waals surface area contributed by atoms with Crippen LogP contribution in [0, 0.1) is 16.7 Å². The van der Waals surface area contributed by atoms with Crippen LogP contribution in [0.3, 0.4) is 0 Å². The third-order valence-corrected chi connectivity index (χ3v) is 5.04. The monoisotopic (exact) mass is 234 g/mol. The van der Waals surface area contributed by atoms with Crippen LogP contribution in [0.15, 0.2) is 0 Å². The number of hydrogen-bond acceptors (Lipinski definition) is 2. The number of hydrogen-bond donors (Lipinski definition) is 0. The Morgan fingerprint density at radius 2 is 1.47 bits per heavy atom. The molecule has 17 heavy (non-hydrogen) atoms. The van der Waals surface area contributed by atoms with Gasteiger partial charge in [0.15, 0.2) is 0 Å². The maximum atomic E-state index is 9.83. The van der Waals surface area contributed by atoms with Crippen molar-refractivity contribution in [1.29, 1.82) is 5.26 Å². The zero-order chi connectivity index (χ0) is 12.4. The standard InChI is InChI=1S/C15H26N2/c1-14(2)9-5-6-10-15(14,13-16)17-11-7-3-4-8-12-17/h3-12H2,1-2H3. The fourth-order valence-electron chi connectivity index (χ4n) is 3.81. The van der Waals surface area contributed by atoms with Crippen LogP contribution in [0.2, 0.25) is 0 Å². The fraction of sp³-hybridized carbons (Fsp3) is 0.933. The molecule has 1 saturated heterocycles. The molecular formula is C15H26N2. The third-order valence-electron chi connectivity index (χ3n) is 5.04. The van der Waals surface area contributed by atoms with Crippen molar-refractivity contribution in [2.75, 3.05) is 13.1 Å². The van der Waals surface area contributed by atoms with Gasteiger partial charge in [-0.25, -0.2) is 0 Å². The SMILES string of the molecule is CC1(C)CCCCC1(C#N)N1CCCCCC1. The number of nitriles is 1. The molecule has 0 bridgehead atoms. The number of rotatable bonds is 1. The van der Waals surface area contributed by atoms with Gasteiger partial charge in [-0.15, -0.1) is 0 Å². The van der Waals surface area contributed by atoms with Crippen molar-refractivity contribution in [2.45, 2.75) is 70.8 Å². The van der Waals surface area contributed by atoms with Gasteiger partial charge in [0.2, 0.25) is 0 Å². The molecule has 0 amide bonds. The first-order chi connectivity index (χ1) is 8.12. The smallest absolute Gasteiger partial charge is 0.114 e. The van der Waals surface area contributed by atoms with E-state index in [2.05, 4.69) is 24.8 Å². The second kappa shape index (κ2) is 4.98. The Morgan fingerprint density at radius 3 is 2.00 bits per heavy atom. The molecule has 2 rings (SSSR count). The number of nitrogens with zero attached hydrogens (tertiary/aromatic N) is 2. The van der Waals surface area contributed by atoms with Crippen molar-refractivity contribution in [3.8, 4) is 6.07 Å². The zero-order valence-corrected chi connectivity index (χ0v) is 11.5. The van der Waals surface area contributed by atoms with E-state index in [-0.39, 0.29) is 11.0 Å². The molecule has 1 atom stereocenters. The van der Waals surface area contributed by atoms with Crippen LogP contribution in [0.4, 0.5) is 0 Å². The van der Waals surface area contributed by atoms with Crippen LogP contribution in [0.1, 0.15) is 65.2 Å². The maximum absolute atomic E-state index is 9.83. The lowest BCUT2D eigenvalue weighted by atomic mass is 9.63. The molecule has 0 spiro atoms. The molecule has 1 aliphatic heterocycles. The van der Waals surface area contributed by atoms with E-state index in [0.717, 1.165) is 19.5 Å². The van der Waals surface area contributed by atoms with Gasteiger partial charge in [0.05, 0.1) is 6.07 Å². The van der Waals surface area contributed by atoms with Crippen LogP contribution in [-0.4, -0.2) is 23.5 Å². The quantitative estimate of drug-likeness (QED) is 0.691. The van der Waals surface area contributed by atoms with Crippen molar-refractivity contribution < 1.29 is 0 Å². The van der Waals surface area contributed by atoms with Gasteiger partial charge in [-0.2, -0.15) is 5.26 Å². The van der Waals surface area contributed by atoms with E-state index in [0.29, 0.717) is 0 Å². The van der Waals surface area contributed by atoms with Crippen LogP contribution in [0.25, 0.3) is 0 Å². The predicted octanol–water partition coefficient (Wildman–Crippen LogP) is 3.72. The predicted molar refractivity (Wildman–Crippen MR) is 70.6 cm³/mol. The van der Waals surface area contributed by atoms with Gasteiger partial charge in [-0.1, -0.05) is 39.5 Å².